The Labute approximate surface area is 97.7 Å². The minimum Gasteiger partial charge on any atom is -0.481 e. The van der Waals surface area contributed by atoms with Crippen LogP contribution in [0.4, 0.5) is 5.82 Å². The standard InChI is InChI=1S/C11H10N4O2/c1-17-10-5-9(13-7-14-10)15-11(16)8-3-2-4-12-6-8/h2-7H,1H3,(H,13,14,15,16). The fourth-order valence-electron chi connectivity index (χ4n) is 1.21. The molecule has 1 N–H and O–H groups in total. The minimum atomic E-state index is -0.279. The summed E-state index contributed by atoms with van der Waals surface area (Å²) in [6.07, 6.45) is 4.40. The van der Waals surface area contributed by atoms with E-state index in [9.17, 15) is 4.79 Å². The van der Waals surface area contributed by atoms with E-state index in [4.69, 9.17) is 4.74 Å². The normalized spacial score (nSPS) is 9.71. The van der Waals surface area contributed by atoms with Crippen molar-refractivity contribution in [1.82, 2.24) is 15.0 Å². The van der Waals surface area contributed by atoms with Crippen molar-refractivity contribution in [3.05, 3.63) is 42.5 Å². The number of anilines is 1. The number of ether oxygens (including phenoxy) is 1. The van der Waals surface area contributed by atoms with Gasteiger partial charge in [-0.05, 0) is 12.1 Å². The molecule has 0 aromatic carbocycles. The van der Waals surface area contributed by atoms with Gasteiger partial charge in [0, 0.05) is 18.5 Å². The second kappa shape index (κ2) is 5.02. The predicted molar refractivity (Wildman–Crippen MR) is 60.8 cm³/mol. The number of hydrogen-bond acceptors (Lipinski definition) is 5. The average Bonchev–Trinajstić information content (AvgIpc) is 2.40. The fraction of sp³-hybridized carbons (Fsp3) is 0.0909. The number of rotatable bonds is 3. The molecule has 6 heteroatoms. The number of carbonyl (C=O) groups excluding carboxylic acids is 1. The SMILES string of the molecule is COc1cc(NC(=O)c2cccnc2)ncn1. The number of hydrogen-bond donors (Lipinski definition) is 1. The first-order chi connectivity index (χ1) is 8.29. The Morgan fingerprint density at radius 1 is 1.41 bits per heavy atom. The zero-order chi connectivity index (χ0) is 12.1. The number of methoxy groups -OCH3 is 1. The van der Waals surface area contributed by atoms with Crippen LogP contribution in [0.3, 0.4) is 0 Å². The monoisotopic (exact) mass is 230 g/mol. The topological polar surface area (TPSA) is 77.0 Å². The van der Waals surface area contributed by atoms with Gasteiger partial charge in [0.15, 0.2) is 0 Å². The molecule has 86 valence electrons. The lowest BCUT2D eigenvalue weighted by molar-refractivity contribution is 0.102. The van der Waals surface area contributed by atoms with Crippen LogP contribution in [0.2, 0.25) is 0 Å². The summed E-state index contributed by atoms with van der Waals surface area (Å²) in [5, 5.41) is 2.62. The summed E-state index contributed by atoms with van der Waals surface area (Å²) >= 11 is 0. The van der Waals surface area contributed by atoms with E-state index in [0.29, 0.717) is 17.3 Å². The van der Waals surface area contributed by atoms with Crippen LogP contribution in [-0.4, -0.2) is 28.0 Å². The molecule has 2 aromatic heterocycles. The van der Waals surface area contributed by atoms with E-state index < -0.39 is 0 Å². The summed E-state index contributed by atoms with van der Waals surface area (Å²) in [6, 6.07) is 4.89. The maximum Gasteiger partial charge on any atom is 0.258 e. The Morgan fingerprint density at radius 3 is 3.00 bits per heavy atom. The van der Waals surface area contributed by atoms with Crippen LogP contribution in [-0.2, 0) is 0 Å². The Bertz CT molecular complexity index is 516. The Morgan fingerprint density at radius 2 is 2.29 bits per heavy atom. The number of nitrogens with one attached hydrogen (secondary N) is 1. The van der Waals surface area contributed by atoms with Crippen molar-refractivity contribution in [1.29, 1.82) is 0 Å². The van der Waals surface area contributed by atoms with Crippen LogP contribution < -0.4 is 10.1 Å². The summed E-state index contributed by atoms with van der Waals surface area (Å²) in [6.45, 7) is 0. The zero-order valence-corrected chi connectivity index (χ0v) is 9.12. The summed E-state index contributed by atoms with van der Waals surface area (Å²) in [7, 11) is 1.50. The minimum absolute atomic E-state index is 0.279. The van der Waals surface area contributed by atoms with Gasteiger partial charge in [-0.25, -0.2) is 9.97 Å². The van der Waals surface area contributed by atoms with Gasteiger partial charge in [-0.2, -0.15) is 0 Å². The molecule has 0 bridgehead atoms. The van der Waals surface area contributed by atoms with Crippen molar-refractivity contribution in [2.45, 2.75) is 0 Å². The molecule has 0 radical (unpaired) electrons. The third-order valence-corrected chi connectivity index (χ3v) is 2.02. The highest BCUT2D eigenvalue weighted by Crippen LogP contribution is 2.11. The van der Waals surface area contributed by atoms with Gasteiger partial charge in [-0.15, -0.1) is 0 Å². The van der Waals surface area contributed by atoms with E-state index in [-0.39, 0.29) is 5.91 Å². The Balaban J connectivity index is 2.13. The van der Waals surface area contributed by atoms with E-state index in [1.54, 1.807) is 18.3 Å². The van der Waals surface area contributed by atoms with Crippen molar-refractivity contribution in [2.24, 2.45) is 0 Å². The largest absolute Gasteiger partial charge is 0.481 e. The average molecular weight is 230 g/mol. The highest BCUT2D eigenvalue weighted by atomic mass is 16.5. The van der Waals surface area contributed by atoms with Crippen LogP contribution in [0.25, 0.3) is 0 Å². The molecule has 6 nitrogen and oxygen atoms in total. The molecule has 0 atom stereocenters. The van der Waals surface area contributed by atoms with Crippen LogP contribution in [0.1, 0.15) is 10.4 Å². The van der Waals surface area contributed by atoms with Crippen molar-refractivity contribution >= 4 is 11.7 Å². The highest BCUT2D eigenvalue weighted by molar-refractivity contribution is 6.03. The molecule has 0 fully saturated rings. The van der Waals surface area contributed by atoms with Crippen molar-refractivity contribution in [3.63, 3.8) is 0 Å². The van der Waals surface area contributed by atoms with Gasteiger partial charge in [0.25, 0.3) is 5.91 Å². The number of pyridine rings is 1. The van der Waals surface area contributed by atoms with Crippen molar-refractivity contribution in [2.75, 3.05) is 12.4 Å². The third-order valence-electron chi connectivity index (χ3n) is 2.02. The van der Waals surface area contributed by atoms with Gasteiger partial charge < -0.3 is 10.1 Å². The van der Waals surface area contributed by atoms with Gasteiger partial charge in [-0.3, -0.25) is 9.78 Å². The molecule has 0 saturated heterocycles. The van der Waals surface area contributed by atoms with E-state index in [1.807, 2.05) is 0 Å². The lowest BCUT2D eigenvalue weighted by Crippen LogP contribution is -2.13. The molecule has 0 aliphatic rings. The Hall–Kier alpha value is -2.50. The molecule has 2 rings (SSSR count). The number of aromatic nitrogens is 3. The molecule has 2 heterocycles. The first-order valence-corrected chi connectivity index (χ1v) is 4.87. The second-order valence-corrected chi connectivity index (χ2v) is 3.14. The first-order valence-electron chi connectivity index (χ1n) is 4.87. The lowest BCUT2D eigenvalue weighted by Gasteiger charge is -2.04. The van der Waals surface area contributed by atoms with Crippen LogP contribution in [0, 0.1) is 0 Å². The van der Waals surface area contributed by atoms with Gasteiger partial charge in [0.1, 0.15) is 12.1 Å². The molecular weight excluding hydrogens is 220 g/mol. The van der Waals surface area contributed by atoms with Crippen molar-refractivity contribution in [3.8, 4) is 5.88 Å². The fourth-order valence-corrected chi connectivity index (χ4v) is 1.21. The van der Waals surface area contributed by atoms with Gasteiger partial charge >= 0.3 is 0 Å². The highest BCUT2D eigenvalue weighted by Gasteiger charge is 2.07. The summed E-state index contributed by atoms with van der Waals surface area (Å²) < 4.78 is 4.93. The van der Waals surface area contributed by atoms with E-state index in [2.05, 4.69) is 20.3 Å². The predicted octanol–water partition coefficient (Wildman–Crippen LogP) is 1.13. The van der Waals surface area contributed by atoms with Crippen LogP contribution in [0.5, 0.6) is 5.88 Å². The number of amides is 1. The number of nitrogens with zero attached hydrogens (tertiary/aromatic N) is 3. The quantitative estimate of drug-likeness (QED) is 0.855. The Kier molecular flexibility index (Phi) is 3.25. The molecule has 0 aliphatic heterocycles. The third kappa shape index (κ3) is 2.75. The van der Waals surface area contributed by atoms with Crippen LogP contribution in [0.15, 0.2) is 36.9 Å². The molecule has 0 spiro atoms. The summed E-state index contributed by atoms with van der Waals surface area (Å²) in [4.78, 5) is 23.4. The molecule has 0 unspecified atom stereocenters. The maximum atomic E-state index is 11.8. The maximum absolute atomic E-state index is 11.8. The van der Waals surface area contributed by atoms with E-state index in [1.165, 1.54) is 25.7 Å². The summed E-state index contributed by atoms with van der Waals surface area (Å²) in [5.41, 5.74) is 0.463. The molecular formula is C11H10N4O2. The zero-order valence-electron chi connectivity index (χ0n) is 9.12. The second-order valence-electron chi connectivity index (χ2n) is 3.14. The van der Waals surface area contributed by atoms with Gasteiger partial charge in [-0.1, -0.05) is 0 Å². The van der Waals surface area contributed by atoms with Crippen LogP contribution >= 0.6 is 0 Å². The van der Waals surface area contributed by atoms with Gasteiger partial charge in [0.2, 0.25) is 5.88 Å². The lowest BCUT2D eigenvalue weighted by atomic mass is 10.3. The molecule has 1 amide bonds. The van der Waals surface area contributed by atoms with E-state index in [0.717, 1.165) is 0 Å². The number of carbonyl (C=O) groups is 1. The molecule has 17 heavy (non-hydrogen) atoms. The molecule has 2 aromatic rings. The van der Waals surface area contributed by atoms with Crippen molar-refractivity contribution < 1.29 is 9.53 Å². The smallest absolute Gasteiger partial charge is 0.258 e. The molecule has 0 saturated carbocycles. The first kappa shape index (κ1) is 11.0. The van der Waals surface area contributed by atoms with Gasteiger partial charge in [0.05, 0.1) is 12.7 Å². The molecule has 0 aliphatic carbocycles. The van der Waals surface area contributed by atoms with E-state index >= 15 is 0 Å². The summed E-state index contributed by atoms with van der Waals surface area (Å²) in [5.74, 6) is 0.492.